The molecule has 204 valence electrons. The van der Waals surface area contributed by atoms with Gasteiger partial charge in [0, 0.05) is 19.3 Å². The molecule has 0 aromatic rings. The van der Waals surface area contributed by atoms with Gasteiger partial charge < -0.3 is 20.1 Å². The Bertz CT molecular complexity index is 578. The number of aliphatic carboxylic acids is 3. The van der Waals surface area contributed by atoms with Crippen molar-refractivity contribution in [3.05, 3.63) is 12.3 Å². The lowest BCUT2D eigenvalue weighted by molar-refractivity contribution is -0.929. The summed E-state index contributed by atoms with van der Waals surface area (Å²) in [6.45, 7) is 7.18. The number of quaternary nitrogens is 1. The fourth-order valence-electron chi connectivity index (χ4n) is 5.35. The molecule has 0 amide bonds. The summed E-state index contributed by atoms with van der Waals surface area (Å²) >= 11 is 0. The van der Waals surface area contributed by atoms with Gasteiger partial charge >= 0.3 is 11.9 Å². The minimum atomic E-state index is -1.41. The van der Waals surface area contributed by atoms with Crippen LogP contribution >= 0.6 is 0 Å². The lowest BCUT2D eigenvalue weighted by Crippen LogP contribution is -2.70. The van der Waals surface area contributed by atoms with Crippen molar-refractivity contribution in [2.45, 2.75) is 149 Å². The largest absolute Gasteiger partial charge is 0.544 e. The minimum absolute atomic E-state index is 0.0822. The highest BCUT2D eigenvalue weighted by molar-refractivity contribution is 5.77. The topological polar surface area (TPSA) is 115 Å². The van der Waals surface area contributed by atoms with Crippen LogP contribution in [0.1, 0.15) is 130 Å². The van der Waals surface area contributed by atoms with Gasteiger partial charge in [-0.3, -0.25) is 4.48 Å². The Balaban J connectivity index is 5.09. The molecular weight excluding hydrogens is 446 g/mol. The zero-order valence-corrected chi connectivity index (χ0v) is 22.7. The van der Waals surface area contributed by atoms with Crippen LogP contribution in [0.4, 0.5) is 0 Å². The number of nitrogens with zero attached hydrogens (tertiary/aromatic N) is 1. The van der Waals surface area contributed by atoms with Gasteiger partial charge in [0.05, 0.1) is 12.2 Å². The summed E-state index contributed by atoms with van der Waals surface area (Å²) in [5, 5.41) is 31.9. The van der Waals surface area contributed by atoms with E-state index in [2.05, 4.69) is 6.92 Å². The molecule has 0 aliphatic carbocycles. The maximum absolute atomic E-state index is 12.2. The molecule has 7 nitrogen and oxygen atoms in total. The van der Waals surface area contributed by atoms with Crippen LogP contribution in [0, 0.1) is 0 Å². The van der Waals surface area contributed by atoms with Gasteiger partial charge in [-0.2, -0.15) is 0 Å². The van der Waals surface area contributed by atoms with Gasteiger partial charge in [-0.1, -0.05) is 98.3 Å². The summed E-state index contributed by atoms with van der Waals surface area (Å²) < 4.78 is -0.644. The quantitative estimate of drug-likeness (QED) is 0.139. The van der Waals surface area contributed by atoms with Crippen LogP contribution in [0.2, 0.25) is 0 Å². The van der Waals surface area contributed by atoms with Gasteiger partial charge in [0.15, 0.2) is 12.1 Å². The molecule has 0 rings (SSSR count). The number of carbonyl (C=O) groups excluding carboxylic acids is 1. The van der Waals surface area contributed by atoms with E-state index >= 15 is 0 Å². The Morgan fingerprint density at radius 1 is 0.657 bits per heavy atom. The molecule has 0 bridgehead atoms. The van der Waals surface area contributed by atoms with E-state index in [1.165, 1.54) is 57.8 Å². The molecule has 0 aromatic heterocycles. The molecule has 2 N–H and O–H groups in total. The molecule has 0 fully saturated rings. The fourth-order valence-corrected chi connectivity index (χ4v) is 5.35. The van der Waals surface area contributed by atoms with Crippen molar-refractivity contribution in [2.75, 3.05) is 0 Å². The highest BCUT2D eigenvalue weighted by Crippen LogP contribution is 2.32. The third-order valence-electron chi connectivity index (χ3n) is 7.21. The first-order valence-corrected chi connectivity index (χ1v) is 14.0. The molecule has 0 spiro atoms. The molecule has 7 heteroatoms. The van der Waals surface area contributed by atoms with E-state index in [0.717, 1.165) is 19.3 Å². The molecule has 0 saturated carbocycles. The Hall–Kier alpha value is -1.89. The van der Waals surface area contributed by atoms with Crippen LogP contribution in [0.3, 0.4) is 0 Å². The fraction of sp³-hybridized carbons (Fsp3) is 0.821. The first kappa shape index (κ1) is 33.1. The highest BCUT2D eigenvalue weighted by atomic mass is 16.4. The molecule has 0 aliphatic rings. The highest BCUT2D eigenvalue weighted by Gasteiger charge is 2.53. The van der Waals surface area contributed by atoms with Gasteiger partial charge in [-0.05, 0) is 18.9 Å². The molecule has 0 aliphatic heterocycles. The predicted molar refractivity (Wildman–Crippen MR) is 138 cm³/mol. The standard InChI is InChI=1S/C28H51NO6/c1-5-9-10-11-12-13-14-15-16-17-18-19-20-21-22-29(23(6-2)26(30)31,24(7-3)27(32)33)25(8-4)28(34)35/h21-25H,5-20H2,1-4H3,(H2-,30,31,32,33,34,35)/b22-21+. The maximum Gasteiger partial charge on any atom is 0.362 e. The number of rotatable bonds is 23. The number of carboxylic acids is 3. The molecule has 0 saturated heterocycles. The molecule has 0 aromatic carbocycles. The predicted octanol–water partition coefficient (Wildman–Crippen LogP) is 5.66. The second-order valence-electron chi connectivity index (χ2n) is 9.72. The van der Waals surface area contributed by atoms with Crippen molar-refractivity contribution in [1.29, 1.82) is 0 Å². The third kappa shape index (κ3) is 11.1. The smallest absolute Gasteiger partial charge is 0.362 e. The van der Waals surface area contributed by atoms with Gasteiger partial charge in [-0.25, -0.2) is 9.59 Å². The van der Waals surface area contributed by atoms with E-state index in [0.29, 0.717) is 6.42 Å². The summed E-state index contributed by atoms with van der Waals surface area (Å²) in [6, 6.07) is -3.62. The van der Waals surface area contributed by atoms with Gasteiger partial charge in [0.25, 0.3) is 0 Å². The zero-order valence-electron chi connectivity index (χ0n) is 22.7. The summed E-state index contributed by atoms with van der Waals surface area (Å²) in [7, 11) is 0. The molecular formula is C28H51NO6. The van der Waals surface area contributed by atoms with E-state index in [1.54, 1.807) is 33.0 Å². The van der Waals surface area contributed by atoms with Crippen LogP contribution < -0.4 is 5.11 Å². The lowest BCUT2D eigenvalue weighted by atomic mass is 9.95. The van der Waals surface area contributed by atoms with Gasteiger partial charge in [0.1, 0.15) is 6.04 Å². The van der Waals surface area contributed by atoms with Crippen LogP contribution in [0.25, 0.3) is 0 Å². The molecule has 3 unspecified atom stereocenters. The second-order valence-corrected chi connectivity index (χ2v) is 9.72. The third-order valence-corrected chi connectivity index (χ3v) is 7.21. The van der Waals surface area contributed by atoms with Crippen molar-refractivity contribution < 1.29 is 34.2 Å². The van der Waals surface area contributed by atoms with E-state index < -0.39 is 40.5 Å². The first-order valence-electron chi connectivity index (χ1n) is 14.0. The summed E-state index contributed by atoms with van der Waals surface area (Å²) in [5.41, 5.74) is 0. The average Bonchev–Trinajstić information content (AvgIpc) is 2.79. The number of hydrogen-bond acceptors (Lipinski definition) is 4. The molecule has 0 radical (unpaired) electrons. The van der Waals surface area contributed by atoms with E-state index in [4.69, 9.17) is 0 Å². The SMILES string of the molecule is CCCCCCCCCCCCCC/C=C/[N+](C(CC)C(=O)[O-])(C(CC)C(=O)O)C(CC)C(=O)O. The van der Waals surface area contributed by atoms with Crippen molar-refractivity contribution in [3.63, 3.8) is 0 Å². The number of unbranched alkanes of at least 4 members (excludes halogenated alkanes) is 12. The number of allylic oxidation sites excluding steroid dienone is 1. The van der Waals surface area contributed by atoms with Crippen LogP contribution in [-0.4, -0.2) is 50.7 Å². The van der Waals surface area contributed by atoms with Crippen molar-refractivity contribution >= 4 is 17.9 Å². The summed E-state index contributed by atoms with van der Waals surface area (Å²) in [4.78, 5) is 36.4. The number of carbonyl (C=O) groups is 3. The average molecular weight is 498 g/mol. The number of carboxylic acid groups (broad SMARTS) is 3. The van der Waals surface area contributed by atoms with E-state index in [-0.39, 0.29) is 19.3 Å². The molecule has 0 heterocycles. The van der Waals surface area contributed by atoms with Gasteiger partial charge in [0.2, 0.25) is 0 Å². The van der Waals surface area contributed by atoms with E-state index in [1.807, 2.05) is 0 Å². The summed E-state index contributed by atoms with van der Waals surface area (Å²) in [6.07, 6.45) is 19.1. The van der Waals surface area contributed by atoms with Crippen LogP contribution in [0.5, 0.6) is 0 Å². The summed E-state index contributed by atoms with van der Waals surface area (Å²) in [5.74, 6) is -3.80. The normalized spacial score (nSPS) is 16.0. The molecule has 3 atom stereocenters. The zero-order chi connectivity index (χ0) is 26.7. The first-order chi connectivity index (χ1) is 16.7. The lowest BCUT2D eigenvalue weighted by Gasteiger charge is -2.48. The Kier molecular flexibility index (Phi) is 18.3. The maximum atomic E-state index is 12.2. The van der Waals surface area contributed by atoms with Crippen LogP contribution in [0.15, 0.2) is 12.3 Å². The second kappa shape index (κ2) is 19.3. The van der Waals surface area contributed by atoms with Crippen molar-refractivity contribution in [3.8, 4) is 0 Å². The van der Waals surface area contributed by atoms with Crippen LogP contribution in [-0.2, 0) is 14.4 Å². The van der Waals surface area contributed by atoms with Crippen molar-refractivity contribution in [1.82, 2.24) is 0 Å². The minimum Gasteiger partial charge on any atom is -0.544 e. The van der Waals surface area contributed by atoms with Gasteiger partial charge in [-0.15, -0.1) is 0 Å². The van der Waals surface area contributed by atoms with E-state index in [9.17, 15) is 29.7 Å². The Morgan fingerprint density at radius 3 is 1.34 bits per heavy atom. The number of hydrogen-bond donors (Lipinski definition) is 2. The Morgan fingerprint density at radius 2 is 1.03 bits per heavy atom. The Labute approximate surface area is 213 Å². The molecule has 35 heavy (non-hydrogen) atoms. The van der Waals surface area contributed by atoms with Crippen molar-refractivity contribution in [2.24, 2.45) is 0 Å². The monoisotopic (exact) mass is 497 g/mol.